The Kier molecular flexibility index (Phi) is 5.58. The quantitative estimate of drug-likeness (QED) is 0.441. The Morgan fingerprint density at radius 1 is 1.17 bits per heavy atom. The Morgan fingerprint density at radius 3 is 2.56 bits per heavy atom. The molecule has 0 saturated heterocycles. The van der Waals surface area contributed by atoms with E-state index in [4.69, 9.17) is 0 Å². The lowest BCUT2D eigenvalue weighted by atomic mass is 10.2. The van der Waals surface area contributed by atoms with Crippen molar-refractivity contribution in [2.24, 2.45) is 9.98 Å². The van der Waals surface area contributed by atoms with Crippen molar-refractivity contribution in [1.29, 1.82) is 0 Å². The summed E-state index contributed by atoms with van der Waals surface area (Å²) in [5, 5.41) is 0. The number of nitrogens with zero attached hydrogens (tertiary/aromatic N) is 2. The maximum absolute atomic E-state index is 4.24. The van der Waals surface area contributed by atoms with Crippen LogP contribution < -0.4 is 0 Å². The molecule has 0 saturated carbocycles. The van der Waals surface area contributed by atoms with Gasteiger partial charge in [0.05, 0.1) is 17.3 Å². The minimum atomic E-state index is -1.35. The molecule has 0 aliphatic rings. The standard InChI is InChI=1S/C15H20N2Si/c1-5-11-16-13-17-15-9-7-6-8-14(15)10-12-18(2,3)4/h6-9H,5,11H2,1-4H3. The normalized spacial score (nSPS) is 10.0. The highest BCUT2D eigenvalue weighted by Gasteiger charge is 2.07. The van der Waals surface area contributed by atoms with E-state index < -0.39 is 8.07 Å². The van der Waals surface area contributed by atoms with Crippen molar-refractivity contribution >= 4 is 19.8 Å². The molecule has 1 aromatic rings. The summed E-state index contributed by atoms with van der Waals surface area (Å²) in [5.41, 5.74) is 5.16. The molecular weight excluding hydrogens is 236 g/mol. The van der Waals surface area contributed by atoms with Gasteiger partial charge in [0.1, 0.15) is 8.07 Å². The largest absolute Gasteiger partial charge is 0.225 e. The highest BCUT2D eigenvalue weighted by Crippen LogP contribution is 2.16. The van der Waals surface area contributed by atoms with Crippen LogP contribution >= 0.6 is 0 Å². The van der Waals surface area contributed by atoms with Gasteiger partial charge in [-0.2, -0.15) is 4.99 Å². The van der Waals surface area contributed by atoms with E-state index in [1.165, 1.54) is 0 Å². The van der Waals surface area contributed by atoms with E-state index in [0.717, 1.165) is 24.2 Å². The summed E-state index contributed by atoms with van der Waals surface area (Å²) in [4.78, 5) is 8.32. The van der Waals surface area contributed by atoms with Crippen LogP contribution in [0.3, 0.4) is 0 Å². The summed E-state index contributed by atoms with van der Waals surface area (Å²) < 4.78 is 0. The average molecular weight is 256 g/mol. The number of para-hydroxylation sites is 1. The van der Waals surface area contributed by atoms with Gasteiger partial charge in [0.15, 0.2) is 0 Å². The molecule has 1 rings (SSSR count). The molecule has 0 spiro atoms. The molecule has 0 unspecified atom stereocenters. The molecule has 18 heavy (non-hydrogen) atoms. The lowest BCUT2D eigenvalue weighted by Gasteiger charge is -2.03. The van der Waals surface area contributed by atoms with Gasteiger partial charge in [-0.25, -0.2) is 4.99 Å². The summed E-state index contributed by atoms with van der Waals surface area (Å²) in [6.45, 7) is 9.54. The lowest BCUT2D eigenvalue weighted by molar-refractivity contribution is 0.937. The molecule has 94 valence electrons. The highest BCUT2D eigenvalue weighted by molar-refractivity contribution is 6.83. The third kappa shape index (κ3) is 5.63. The molecule has 0 amide bonds. The molecular formula is C15H20N2Si. The average Bonchev–Trinajstić information content (AvgIpc) is 2.32. The Labute approximate surface area is 111 Å². The van der Waals surface area contributed by atoms with Crippen LogP contribution in [0.5, 0.6) is 0 Å². The zero-order chi connectivity index (χ0) is 13.4. The van der Waals surface area contributed by atoms with Gasteiger partial charge in [0.2, 0.25) is 0 Å². The minimum absolute atomic E-state index is 0.770. The smallest absolute Gasteiger partial charge is 0.129 e. The van der Waals surface area contributed by atoms with Crippen LogP contribution in [-0.4, -0.2) is 20.6 Å². The highest BCUT2D eigenvalue weighted by atomic mass is 28.3. The Morgan fingerprint density at radius 2 is 1.89 bits per heavy atom. The van der Waals surface area contributed by atoms with Crippen LogP contribution in [0.1, 0.15) is 18.9 Å². The monoisotopic (exact) mass is 256 g/mol. The first kappa shape index (κ1) is 14.4. The van der Waals surface area contributed by atoms with Crippen molar-refractivity contribution in [3.05, 3.63) is 29.8 Å². The Balaban J connectivity index is 2.99. The fourth-order valence-corrected chi connectivity index (χ4v) is 1.69. The third-order valence-corrected chi connectivity index (χ3v) is 2.93. The number of benzene rings is 1. The predicted molar refractivity (Wildman–Crippen MR) is 81.3 cm³/mol. The van der Waals surface area contributed by atoms with Crippen molar-refractivity contribution in [3.8, 4) is 11.5 Å². The van der Waals surface area contributed by atoms with E-state index in [9.17, 15) is 0 Å². The second-order valence-electron chi connectivity index (χ2n) is 5.11. The first-order chi connectivity index (χ1) is 8.53. The predicted octanol–water partition coefficient (Wildman–Crippen LogP) is 4.13. The van der Waals surface area contributed by atoms with Crippen LogP contribution in [0.15, 0.2) is 34.3 Å². The summed E-state index contributed by atoms with van der Waals surface area (Å²) in [6, 6.07) is 10.6. The molecule has 0 aliphatic heterocycles. The topological polar surface area (TPSA) is 24.7 Å². The van der Waals surface area contributed by atoms with Crippen LogP contribution in [0.25, 0.3) is 0 Å². The van der Waals surface area contributed by atoms with Crippen molar-refractivity contribution < 1.29 is 0 Å². The van der Waals surface area contributed by atoms with Crippen molar-refractivity contribution in [3.63, 3.8) is 0 Å². The number of hydrogen-bond acceptors (Lipinski definition) is 2. The molecule has 0 bridgehead atoms. The van der Waals surface area contributed by atoms with Gasteiger partial charge in [0, 0.05) is 6.54 Å². The van der Waals surface area contributed by atoms with Crippen molar-refractivity contribution in [1.82, 2.24) is 0 Å². The zero-order valence-corrected chi connectivity index (χ0v) is 12.6. The zero-order valence-electron chi connectivity index (χ0n) is 11.6. The van der Waals surface area contributed by atoms with Gasteiger partial charge in [-0.05, 0) is 18.6 Å². The molecule has 0 aromatic heterocycles. The fraction of sp³-hybridized carbons (Fsp3) is 0.400. The first-order valence-corrected chi connectivity index (χ1v) is 9.77. The van der Waals surface area contributed by atoms with E-state index in [-0.39, 0.29) is 0 Å². The molecule has 0 N–H and O–H groups in total. The van der Waals surface area contributed by atoms with E-state index in [1.54, 1.807) is 0 Å². The molecule has 0 atom stereocenters. The van der Waals surface area contributed by atoms with Gasteiger partial charge < -0.3 is 0 Å². The molecule has 0 fully saturated rings. The number of hydrogen-bond donors (Lipinski definition) is 0. The summed E-state index contributed by atoms with van der Waals surface area (Å²) in [6.07, 6.45) is 1.01. The van der Waals surface area contributed by atoms with Gasteiger partial charge in [-0.3, -0.25) is 0 Å². The van der Waals surface area contributed by atoms with Gasteiger partial charge >= 0.3 is 0 Å². The summed E-state index contributed by atoms with van der Waals surface area (Å²) in [7, 11) is -1.35. The minimum Gasteiger partial charge on any atom is -0.225 e. The van der Waals surface area contributed by atoms with Gasteiger partial charge in [-0.1, -0.05) is 44.6 Å². The van der Waals surface area contributed by atoms with Crippen LogP contribution in [0.4, 0.5) is 5.69 Å². The van der Waals surface area contributed by atoms with Crippen LogP contribution in [0.2, 0.25) is 19.6 Å². The van der Waals surface area contributed by atoms with E-state index >= 15 is 0 Å². The first-order valence-electron chi connectivity index (χ1n) is 6.27. The molecule has 2 nitrogen and oxygen atoms in total. The van der Waals surface area contributed by atoms with E-state index in [1.807, 2.05) is 24.3 Å². The van der Waals surface area contributed by atoms with Crippen molar-refractivity contribution in [2.45, 2.75) is 33.0 Å². The summed E-state index contributed by atoms with van der Waals surface area (Å²) >= 11 is 0. The Hall–Kier alpha value is -1.62. The number of aliphatic imine (C=N–C) groups is 2. The number of rotatable bonds is 3. The summed E-state index contributed by atoms with van der Waals surface area (Å²) in [5.74, 6) is 3.23. The molecule has 3 heteroatoms. The van der Waals surface area contributed by atoms with Crippen LogP contribution in [0, 0.1) is 11.5 Å². The maximum atomic E-state index is 4.24. The molecule has 0 aliphatic carbocycles. The van der Waals surface area contributed by atoms with Gasteiger partial charge in [-0.15, -0.1) is 5.54 Å². The third-order valence-electron chi connectivity index (χ3n) is 2.05. The second kappa shape index (κ2) is 6.96. The van der Waals surface area contributed by atoms with Crippen molar-refractivity contribution in [2.75, 3.05) is 6.54 Å². The van der Waals surface area contributed by atoms with Crippen LogP contribution in [-0.2, 0) is 0 Å². The molecule has 1 aromatic carbocycles. The van der Waals surface area contributed by atoms with E-state index in [0.29, 0.717) is 0 Å². The maximum Gasteiger partial charge on any atom is 0.129 e. The second-order valence-corrected chi connectivity index (χ2v) is 9.86. The lowest BCUT2D eigenvalue weighted by Crippen LogP contribution is -2.16. The van der Waals surface area contributed by atoms with Gasteiger partial charge in [0.25, 0.3) is 0 Å². The molecule has 0 radical (unpaired) electrons. The molecule has 0 heterocycles. The SMILES string of the molecule is CCCN=C=Nc1ccccc1C#C[Si](C)(C)C. The van der Waals surface area contributed by atoms with E-state index in [2.05, 4.69) is 54.0 Å². The fourth-order valence-electron chi connectivity index (χ4n) is 1.18. The Bertz CT molecular complexity index is 509.